The zero-order valence-corrected chi connectivity index (χ0v) is 13.2. The summed E-state index contributed by atoms with van der Waals surface area (Å²) in [7, 11) is 0. The van der Waals surface area contributed by atoms with Crippen molar-refractivity contribution in [3.05, 3.63) is 29.8 Å². The van der Waals surface area contributed by atoms with Gasteiger partial charge in [0.25, 0.3) is 0 Å². The molecule has 0 radical (unpaired) electrons. The van der Waals surface area contributed by atoms with E-state index >= 15 is 0 Å². The highest BCUT2D eigenvalue weighted by Gasteiger charge is 2.32. The van der Waals surface area contributed by atoms with Crippen LogP contribution < -0.4 is 11.1 Å². The fraction of sp³-hybridized carbons (Fsp3) is 0.588. The Morgan fingerprint density at radius 3 is 2.81 bits per heavy atom. The molecule has 1 heterocycles. The van der Waals surface area contributed by atoms with E-state index in [1.807, 2.05) is 12.1 Å². The van der Waals surface area contributed by atoms with Crippen molar-refractivity contribution in [2.75, 3.05) is 12.3 Å². The first-order chi connectivity index (χ1) is 10.3. The lowest BCUT2D eigenvalue weighted by molar-refractivity contribution is -0.123. The molecule has 0 aromatic heterocycles. The second kappa shape index (κ2) is 6.84. The molecule has 1 aliphatic carbocycles. The van der Waals surface area contributed by atoms with Crippen LogP contribution in [0.2, 0.25) is 0 Å². The first kappa shape index (κ1) is 14.9. The van der Waals surface area contributed by atoms with Gasteiger partial charge in [0.15, 0.2) is 0 Å². The van der Waals surface area contributed by atoms with Crippen LogP contribution in [0, 0.1) is 5.92 Å². The molecule has 1 aromatic carbocycles. The van der Waals surface area contributed by atoms with Gasteiger partial charge in [-0.05, 0) is 30.4 Å². The fourth-order valence-electron chi connectivity index (χ4n) is 3.57. The highest BCUT2D eigenvalue weighted by atomic mass is 32.2. The minimum absolute atomic E-state index is 0.0103. The average Bonchev–Trinajstić information content (AvgIpc) is 2.97. The molecule has 114 valence electrons. The number of carbonyl (C=O) groups is 1. The normalized spacial score (nSPS) is 23.6. The minimum atomic E-state index is -0.0103. The second-order valence-corrected chi connectivity index (χ2v) is 7.21. The third kappa shape index (κ3) is 3.27. The predicted octanol–water partition coefficient (Wildman–Crippen LogP) is 2.90. The number of nitrogens with two attached hydrogens (primary N) is 1. The molecule has 2 aliphatic rings. The van der Waals surface area contributed by atoms with Gasteiger partial charge in [-0.3, -0.25) is 4.79 Å². The summed E-state index contributed by atoms with van der Waals surface area (Å²) in [5.74, 6) is 1.57. The molecule has 1 aliphatic heterocycles. The molecule has 1 saturated carbocycles. The van der Waals surface area contributed by atoms with E-state index in [2.05, 4.69) is 17.4 Å². The van der Waals surface area contributed by atoms with Gasteiger partial charge < -0.3 is 11.1 Å². The third-order valence-electron chi connectivity index (χ3n) is 4.82. The van der Waals surface area contributed by atoms with Gasteiger partial charge in [-0.2, -0.15) is 0 Å². The quantitative estimate of drug-likeness (QED) is 0.899. The van der Waals surface area contributed by atoms with Gasteiger partial charge in [-0.15, -0.1) is 11.8 Å². The van der Waals surface area contributed by atoms with Crippen LogP contribution in [-0.4, -0.2) is 24.2 Å². The van der Waals surface area contributed by atoms with E-state index in [1.165, 1.54) is 42.6 Å². The first-order valence-electron chi connectivity index (χ1n) is 8.01. The van der Waals surface area contributed by atoms with Crippen molar-refractivity contribution in [2.45, 2.75) is 49.0 Å². The molecule has 1 fully saturated rings. The van der Waals surface area contributed by atoms with E-state index in [-0.39, 0.29) is 17.9 Å². The molecule has 2 atom stereocenters. The van der Waals surface area contributed by atoms with Crippen molar-refractivity contribution in [1.29, 1.82) is 0 Å². The molecule has 21 heavy (non-hydrogen) atoms. The van der Waals surface area contributed by atoms with Crippen LogP contribution in [0.5, 0.6) is 0 Å². The van der Waals surface area contributed by atoms with E-state index in [9.17, 15) is 4.79 Å². The van der Waals surface area contributed by atoms with Crippen LogP contribution in [0.15, 0.2) is 29.2 Å². The van der Waals surface area contributed by atoms with E-state index in [1.54, 1.807) is 11.8 Å². The topological polar surface area (TPSA) is 55.1 Å². The molecule has 0 spiro atoms. The predicted molar refractivity (Wildman–Crippen MR) is 87.5 cm³/mol. The van der Waals surface area contributed by atoms with Gasteiger partial charge >= 0.3 is 0 Å². The molecule has 1 aromatic rings. The van der Waals surface area contributed by atoms with Crippen molar-refractivity contribution in [3.8, 4) is 0 Å². The maximum Gasteiger partial charge on any atom is 0.228 e. The van der Waals surface area contributed by atoms with Gasteiger partial charge in [-0.25, -0.2) is 0 Å². The molecule has 3 N–H and O–H groups in total. The van der Waals surface area contributed by atoms with Gasteiger partial charge in [0.05, 0.1) is 5.92 Å². The van der Waals surface area contributed by atoms with Crippen LogP contribution in [0.1, 0.15) is 43.6 Å². The number of nitrogens with one attached hydrogen (secondary N) is 1. The SMILES string of the molecule is NCC(NC(=O)C1CSc2ccccc21)C1CCCCC1. The minimum Gasteiger partial charge on any atom is -0.351 e. The Labute approximate surface area is 131 Å². The highest BCUT2D eigenvalue weighted by Crippen LogP contribution is 2.39. The number of benzene rings is 1. The molecule has 4 heteroatoms. The van der Waals surface area contributed by atoms with Crippen molar-refractivity contribution in [3.63, 3.8) is 0 Å². The van der Waals surface area contributed by atoms with Gasteiger partial charge in [0, 0.05) is 23.2 Å². The van der Waals surface area contributed by atoms with E-state index in [4.69, 9.17) is 5.73 Å². The maximum absolute atomic E-state index is 12.6. The number of amides is 1. The standard InChI is InChI=1S/C17H24N2OS/c18-10-15(12-6-2-1-3-7-12)19-17(20)14-11-21-16-9-5-4-8-13(14)16/h4-5,8-9,12,14-15H,1-3,6-7,10-11,18H2,(H,19,20). The van der Waals surface area contributed by atoms with Crippen molar-refractivity contribution >= 4 is 17.7 Å². The average molecular weight is 304 g/mol. The summed E-state index contributed by atoms with van der Waals surface area (Å²) >= 11 is 1.78. The molecule has 3 rings (SSSR count). The Balaban J connectivity index is 1.65. The summed E-state index contributed by atoms with van der Waals surface area (Å²) < 4.78 is 0. The number of carbonyl (C=O) groups excluding carboxylic acids is 1. The highest BCUT2D eigenvalue weighted by molar-refractivity contribution is 7.99. The van der Waals surface area contributed by atoms with E-state index in [0.717, 1.165) is 5.75 Å². The summed E-state index contributed by atoms with van der Waals surface area (Å²) in [4.78, 5) is 13.9. The van der Waals surface area contributed by atoms with Crippen LogP contribution in [-0.2, 0) is 4.79 Å². The van der Waals surface area contributed by atoms with Gasteiger partial charge in [-0.1, -0.05) is 37.5 Å². The van der Waals surface area contributed by atoms with Gasteiger partial charge in [0.1, 0.15) is 0 Å². The van der Waals surface area contributed by atoms with Crippen LogP contribution in [0.3, 0.4) is 0 Å². The smallest absolute Gasteiger partial charge is 0.228 e. The Hall–Kier alpha value is -1.00. The van der Waals surface area contributed by atoms with Crippen LogP contribution in [0.4, 0.5) is 0 Å². The van der Waals surface area contributed by atoms with Crippen molar-refractivity contribution in [2.24, 2.45) is 11.7 Å². The molecule has 0 bridgehead atoms. The summed E-state index contributed by atoms with van der Waals surface area (Å²) in [5.41, 5.74) is 7.11. The monoisotopic (exact) mass is 304 g/mol. The number of rotatable bonds is 4. The lowest BCUT2D eigenvalue weighted by Gasteiger charge is -2.30. The third-order valence-corrected chi connectivity index (χ3v) is 6.00. The van der Waals surface area contributed by atoms with Crippen LogP contribution in [0.25, 0.3) is 0 Å². The van der Waals surface area contributed by atoms with Crippen molar-refractivity contribution in [1.82, 2.24) is 5.32 Å². The summed E-state index contributed by atoms with van der Waals surface area (Å²) in [6.45, 7) is 0.553. The van der Waals surface area contributed by atoms with Gasteiger partial charge in [0.2, 0.25) is 5.91 Å². The fourth-order valence-corrected chi connectivity index (χ4v) is 4.80. The zero-order valence-electron chi connectivity index (χ0n) is 12.4. The Bertz CT molecular complexity index is 499. The lowest BCUT2D eigenvalue weighted by Crippen LogP contribution is -2.47. The van der Waals surface area contributed by atoms with E-state index in [0.29, 0.717) is 12.5 Å². The molecule has 0 saturated heterocycles. The summed E-state index contributed by atoms with van der Waals surface area (Å²) in [5, 5.41) is 3.24. The Kier molecular flexibility index (Phi) is 4.86. The molecular formula is C17H24N2OS. The zero-order chi connectivity index (χ0) is 14.7. The molecule has 1 amide bonds. The van der Waals surface area contributed by atoms with Crippen LogP contribution >= 0.6 is 11.8 Å². The lowest BCUT2D eigenvalue weighted by atomic mass is 9.83. The number of hydrogen-bond donors (Lipinski definition) is 2. The number of hydrogen-bond acceptors (Lipinski definition) is 3. The number of fused-ring (bicyclic) bond motifs is 1. The van der Waals surface area contributed by atoms with Crippen molar-refractivity contribution < 1.29 is 4.79 Å². The largest absolute Gasteiger partial charge is 0.351 e. The summed E-state index contributed by atoms with van der Waals surface area (Å²) in [6.07, 6.45) is 6.29. The molecule has 2 unspecified atom stereocenters. The Morgan fingerprint density at radius 1 is 1.29 bits per heavy atom. The molecule has 3 nitrogen and oxygen atoms in total. The Morgan fingerprint density at radius 2 is 2.05 bits per heavy atom. The molecular weight excluding hydrogens is 280 g/mol. The number of thioether (sulfide) groups is 1. The van der Waals surface area contributed by atoms with E-state index < -0.39 is 0 Å². The maximum atomic E-state index is 12.6. The first-order valence-corrected chi connectivity index (χ1v) is 9.00. The summed E-state index contributed by atoms with van der Waals surface area (Å²) in [6, 6.07) is 8.39. The second-order valence-electron chi connectivity index (χ2n) is 6.15.